The molecule has 3 heterocycles. The van der Waals surface area contributed by atoms with Crippen LogP contribution in [-0.4, -0.2) is 4.57 Å². The summed E-state index contributed by atoms with van der Waals surface area (Å²) in [5.74, 6) is 0. The van der Waals surface area contributed by atoms with Gasteiger partial charge in [0.1, 0.15) is 22.3 Å². The van der Waals surface area contributed by atoms with Crippen LogP contribution in [0, 0.1) is 0 Å². The second kappa shape index (κ2) is 16.2. The van der Waals surface area contributed by atoms with Crippen molar-refractivity contribution in [3.63, 3.8) is 0 Å². The molecule has 4 heteroatoms. The lowest BCUT2D eigenvalue weighted by Gasteiger charge is -2.27. The number of anilines is 3. The van der Waals surface area contributed by atoms with Crippen LogP contribution < -0.4 is 4.90 Å². The summed E-state index contributed by atoms with van der Waals surface area (Å²) in [5.41, 5.74) is 19.0. The van der Waals surface area contributed by atoms with Crippen molar-refractivity contribution in [2.24, 2.45) is 0 Å². The standard InChI is InChI=1S/C66H42N2O2/c1-2-15-43(16-3-1)44-29-31-45(32-30-44)46-33-37-48(38-34-46)67(49-39-35-47(36-40-49)50-22-14-28-63-64(50)55-20-7-12-26-61(55)69-63)60-42-41-54(66-65(60)56-21-8-13-27-62(56)70-66)53-19-6-11-25-59(53)68-57-23-9-4-17-51(57)52-18-5-10-24-58(52)68/h1-42H. The number of rotatable bonds is 8. The van der Waals surface area contributed by atoms with E-state index in [1.165, 1.54) is 21.9 Å². The quantitative estimate of drug-likeness (QED) is 0.152. The maximum atomic E-state index is 7.07. The summed E-state index contributed by atoms with van der Waals surface area (Å²) < 4.78 is 15.8. The van der Waals surface area contributed by atoms with Crippen molar-refractivity contribution in [1.82, 2.24) is 4.57 Å². The molecule has 0 atom stereocenters. The molecule has 0 radical (unpaired) electrons. The van der Waals surface area contributed by atoms with Gasteiger partial charge in [0.2, 0.25) is 0 Å². The summed E-state index contributed by atoms with van der Waals surface area (Å²) in [4.78, 5) is 2.38. The monoisotopic (exact) mass is 894 g/mol. The Morgan fingerprint density at radius 3 is 1.41 bits per heavy atom. The van der Waals surface area contributed by atoms with Crippen LogP contribution in [0.5, 0.6) is 0 Å². The molecule has 4 nitrogen and oxygen atoms in total. The highest BCUT2D eigenvalue weighted by molar-refractivity contribution is 6.18. The molecule has 0 N–H and O–H groups in total. The van der Waals surface area contributed by atoms with Crippen molar-refractivity contribution >= 4 is 82.7 Å². The topological polar surface area (TPSA) is 34.5 Å². The Labute approximate surface area is 404 Å². The minimum absolute atomic E-state index is 0.835. The molecule has 3 aromatic heterocycles. The fourth-order valence-corrected chi connectivity index (χ4v) is 10.8. The van der Waals surface area contributed by atoms with E-state index in [2.05, 4.69) is 252 Å². The predicted octanol–water partition coefficient (Wildman–Crippen LogP) is 18.7. The molecule has 14 rings (SSSR count). The van der Waals surface area contributed by atoms with Crippen LogP contribution in [0.25, 0.3) is 116 Å². The third-order valence-corrected chi connectivity index (χ3v) is 14.1. The molecule has 0 bridgehead atoms. The lowest BCUT2D eigenvalue weighted by atomic mass is 9.97. The van der Waals surface area contributed by atoms with Crippen molar-refractivity contribution < 1.29 is 8.83 Å². The second-order valence-corrected chi connectivity index (χ2v) is 18.0. The van der Waals surface area contributed by atoms with Crippen LogP contribution in [0.2, 0.25) is 0 Å². The Morgan fingerprint density at radius 1 is 0.286 bits per heavy atom. The number of hydrogen-bond donors (Lipinski definition) is 0. The fourth-order valence-electron chi connectivity index (χ4n) is 10.8. The van der Waals surface area contributed by atoms with Gasteiger partial charge < -0.3 is 18.3 Å². The van der Waals surface area contributed by atoms with Gasteiger partial charge in [0, 0.05) is 49.4 Å². The van der Waals surface area contributed by atoms with Crippen molar-refractivity contribution in [2.45, 2.75) is 0 Å². The summed E-state index contributed by atoms with van der Waals surface area (Å²) in [6, 6.07) is 91.0. The van der Waals surface area contributed by atoms with E-state index in [-0.39, 0.29) is 0 Å². The summed E-state index contributed by atoms with van der Waals surface area (Å²) in [6.45, 7) is 0. The Kier molecular flexibility index (Phi) is 9.17. The molecular weight excluding hydrogens is 853 g/mol. The van der Waals surface area contributed by atoms with E-state index in [0.29, 0.717) is 0 Å². The van der Waals surface area contributed by atoms with E-state index in [0.717, 1.165) is 111 Å². The highest BCUT2D eigenvalue weighted by Crippen LogP contribution is 2.48. The molecule has 14 aromatic rings. The zero-order valence-electron chi connectivity index (χ0n) is 38.0. The Morgan fingerprint density at radius 2 is 0.757 bits per heavy atom. The molecule has 0 spiro atoms. The number of nitrogens with zero attached hydrogens (tertiary/aromatic N) is 2. The first kappa shape index (κ1) is 39.8. The van der Waals surface area contributed by atoms with Gasteiger partial charge in [0.25, 0.3) is 0 Å². The SMILES string of the molecule is c1ccc(-c2ccc(-c3ccc(N(c4ccc(-c5cccc6oc7ccccc7c56)cc4)c4ccc(-c5ccccc5-n5c6ccccc6c6ccccc65)c5oc6ccccc6c45)cc3)cc2)cc1. The molecule has 11 aromatic carbocycles. The molecule has 0 saturated heterocycles. The molecule has 0 aliphatic heterocycles. The number of fused-ring (bicyclic) bond motifs is 9. The number of aromatic nitrogens is 1. The smallest absolute Gasteiger partial charge is 0.145 e. The highest BCUT2D eigenvalue weighted by atomic mass is 16.3. The summed E-state index contributed by atoms with van der Waals surface area (Å²) in [7, 11) is 0. The molecule has 0 saturated carbocycles. The first-order chi connectivity index (χ1) is 34.7. The van der Waals surface area contributed by atoms with Crippen LogP contribution in [0.1, 0.15) is 0 Å². The van der Waals surface area contributed by atoms with E-state index < -0.39 is 0 Å². The molecule has 0 unspecified atom stereocenters. The minimum Gasteiger partial charge on any atom is -0.456 e. The molecule has 0 fully saturated rings. The van der Waals surface area contributed by atoms with Crippen LogP contribution in [0.4, 0.5) is 17.1 Å². The second-order valence-electron chi connectivity index (χ2n) is 18.0. The van der Waals surface area contributed by atoms with Crippen LogP contribution in [0.15, 0.2) is 264 Å². The van der Waals surface area contributed by atoms with Gasteiger partial charge in [-0.25, -0.2) is 0 Å². The molecular formula is C66H42N2O2. The van der Waals surface area contributed by atoms with E-state index in [1.54, 1.807) is 0 Å². The zero-order chi connectivity index (χ0) is 46.1. The third-order valence-electron chi connectivity index (χ3n) is 14.1. The van der Waals surface area contributed by atoms with Gasteiger partial charge in [-0.3, -0.25) is 0 Å². The predicted molar refractivity (Wildman–Crippen MR) is 292 cm³/mol. The summed E-state index contributed by atoms with van der Waals surface area (Å²) in [5, 5.41) is 6.79. The highest BCUT2D eigenvalue weighted by Gasteiger charge is 2.25. The van der Waals surface area contributed by atoms with E-state index >= 15 is 0 Å². The molecule has 70 heavy (non-hydrogen) atoms. The normalized spacial score (nSPS) is 11.7. The van der Waals surface area contributed by atoms with Gasteiger partial charge in [-0.05, 0) is 106 Å². The van der Waals surface area contributed by atoms with E-state index in [1.807, 2.05) is 12.1 Å². The first-order valence-corrected chi connectivity index (χ1v) is 23.8. The van der Waals surface area contributed by atoms with Crippen molar-refractivity contribution in [3.05, 3.63) is 255 Å². The van der Waals surface area contributed by atoms with Gasteiger partial charge in [0.15, 0.2) is 0 Å². The van der Waals surface area contributed by atoms with Crippen molar-refractivity contribution in [3.8, 4) is 50.2 Å². The molecule has 0 aliphatic rings. The lowest BCUT2D eigenvalue weighted by Crippen LogP contribution is -2.10. The number of para-hydroxylation sites is 5. The van der Waals surface area contributed by atoms with Crippen LogP contribution in [0.3, 0.4) is 0 Å². The van der Waals surface area contributed by atoms with Crippen LogP contribution >= 0.6 is 0 Å². The average Bonchev–Trinajstić information content (AvgIpc) is 4.12. The van der Waals surface area contributed by atoms with Gasteiger partial charge in [0.05, 0.1) is 27.8 Å². The van der Waals surface area contributed by atoms with Gasteiger partial charge in [-0.1, -0.05) is 182 Å². The lowest BCUT2D eigenvalue weighted by molar-refractivity contribution is 0.669. The molecule has 0 amide bonds. The summed E-state index contributed by atoms with van der Waals surface area (Å²) >= 11 is 0. The number of hydrogen-bond acceptors (Lipinski definition) is 3. The van der Waals surface area contributed by atoms with Gasteiger partial charge in [-0.2, -0.15) is 0 Å². The number of benzene rings is 11. The first-order valence-electron chi connectivity index (χ1n) is 23.8. The fraction of sp³-hybridized carbons (Fsp3) is 0. The molecule has 0 aliphatic carbocycles. The average molecular weight is 895 g/mol. The maximum absolute atomic E-state index is 7.07. The third kappa shape index (κ3) is 6.38. The Bertz CT molecular complexity index is 4220. The van der Waals surface area contributed by atoms with E-state index in [9.17, 15) is 0 Å². The zero-order valence-corrected chi connectivity index (χ0v) is 38.0. The minimum atomic E-state index is 0.835. The van der Waals surface area contributed by atoms with Gasteiger partial charge >= 0.3 is 0 Å². The number of furan rings is 2. The van der Waals surface area contributed by atoms with Crippen LogP contribution in [-0.2, 0) is 0 Å². The Hall–Kier alpha value is -9.38. The van der Waals surface area contributed by atoms with Crippen molar-refractivity contribution in [2.75, 3.05) is 4.90 Å². The summed E-state index contributed by atoms with van der Waals surface area (Å²) in [6.07, 6.45) is 0. The Balaban J connectivity index is 0.951. The van der Waals surface area contributed by atoms with E-state index in [4.69, 9.17) is 8.83 Å². The van der Waals surface area contributed by atoms with Crippen molar-refractivity contribution in [1.29, 1.82) is 0 Å². The van der Waals surface area contributed by atoms with Gasteiger partial charge in [-0.15, -0.1) is 0 Å². The maximum Gasteiger partial charge on any atom is 0.145 e. The molecule has 328 valence electrons. The largest absolute Gasteiger partial charge is 0.456 e.